The van der Waals surface area contributed by atoms with Gasteiger partial charge in [-0.2, -0.15) is 5.26 Å². The number of carbonyl (C=O) groups is 1. The van der Waals surface area contributed by atoms with Gasteiger partial charge in [0.05, 0.1) is 30.5 Å². The lowest BCUT2D eigenvalue weighted by molar-refractivity contribution is -0.136. The zero-order valence-corrected chi connectivity index (χ0v) is 16.1. The lowest BCUT2D eigenvalue weighted by atomic mass is 10.0. The minimum atomic E-state index is -0.565. The molecule has 0 aromatic heterocycles. The number of benzene rings is 1. The molecule has 6 nitrogen and oxygen atoms in total. The summed E-state index contributed by atoms with van der Waals surface area (Å²) in [4.78, 5) is 17.1. The molecule has 0 spiro atoms. The molecule has 0 N–H and O–H groups in total. The molecule has 2 heterocycles. The van der Waals surface area contributed by atoms with Crippen molar-refractivity contribution >= 4 is 11.7 Å². The van der Waals surface area contributed by atoms with Crippen LogP contribution in [0.4, 0.5) is 4.39 Å². The molecular formula is C21H21FN4O2. The molecule has 7 heteroatoms. The first-order chi connectivity index (χ1) is 13.4. The molecule has 3 aliphatic rings. The summed E-state index contributed by atoms with van der Waals surface area (Å²) in [5.41, 5.74) is 2.59. The van der Waals surface area contributed by atoms with Crippen LogP contribution >= 0.6 is 0 Å². The standard InChI is InChI=1S/C21H21FN4O2/c1-12-8-19(15-6-7-18(22)16(9-15)10-23)24-20-17(21(27)28-3)11-25(26(12)20)13(2)14-4-5-14/h6-9,13-14H,4-5,11H2,1-3H3. The number of hydrogen-bond donors (Lipinski definition) is 0. The Labute approximate surface area is 163 Å². The minimum absolute atomic E-state index is 0.0359. The van der Waals surface area contributed by atoms with Crippen LogP contribution in [0.5, 0.6) is 0 Å². The number of ether oxygens (including phenoxy) is 1. The number of carbonyl (C=O) groups excluding carboxylic acids is 1. The number of esters is 1. The van der Waals surface area contributed by atoms with Gasteiger partial charge in [-0.1, -0.05) is 0 Å². The van der Waals surface area contributed by atoms with Crippen molar-refractivity contribution in [1.29, 1.82) is 5.26 Å². The van der Waals surface area contributed by atoms with Crippen LogP contribution in [0, 0.1) is 23.1 Å². The van der Waals surface area contributed by atoms with E-state index >= 15 is 0 Å². The molecule has 1 fully saturated rings. The van der Waals surface area contributed by atoms with Crippen LogP contribution in [0.15, 0.2) is 46.4 Å². The van der Waals surface area contributed by atoms with E-state index in [1.165, 1.54) is 32.1 Å². The topological polar surface area (TPSA) is 68.9 Å². The van der Waals surface area contributed by atoms with Crippen molar-refractivity contribution in [1.82, 2.24) is 10.0 Å². The van der Waals surface area contributed by atoms with Gasteiger partial charge in [0.1, 0.15) is 11.9 Å². The molecule has 144 valence electrons. The van der Waals surface area contributed by atoms with E-state index in [0.717, 1.165) is 5.70 Å². The fourth-order valence-electron chi connectivity index (χ4n) is 3.79. The summed E-state index contributed by atoms with van der Waals surface area (Å²) in [6.07, 6.45) is 4.28. The first-order valence-corrected chi connectivity index (χ1v) is 9.29. The van der Waals surface area contributed by atoms with E-state index in [2.05, 4.69) is 11.9 Å². The van der Waals surface area contributed by atoms with Crippen LogP contribution in [0.1, 0.15) is 37.8 Å². The monoisotopic (exact) mass is 380 g/mol. The smallest absolute Gasteiger partial charge is 0.338 e. The second-order valence-corrected chi connectivity index (χ2v) is 7.37. The molecule has 0 amide bonds. The summed E-state index contributed by atoms with van der Waals surface area (Å²) in [5, 5.41) is 13.3. The van der Waals surface area contributed by atoms with E-state index in [1.54, 1.807) is 6.07 Å². The SMILES string of the molecule is COC(=O)C1=C2N=C(c3ccc(F)c(C#N)c3)C=C(C)N2N(C(C)C2CC2)C1. The van der Waals surface area contributed by atoms with E-state index in [4.69, 9.17) is 15.0 Å². The fraction of sp³-hybridized carbons (Fsp3) is 0.381. The number of hydrogen-bond acceptors (Lipinski definition) is 6. The summed E-state index contributed by atoms with van der Waals surface area (Å²) in [7, 11) is 1.36. The molecule has 0 radical (unpaired) electrons. The van der Waals surface area contributed by atoms with Crippen LogP contribution in [0.2, 0.25) is 0 Å². The van der Waals surface area contributed by atoms with Crippen molar-refractivity contribution in [2.75, 3.05) is 13.7 Å². The number of hydrazine groups is 1. The number of allylic oxidation sites excluding steroid dienone is 2. The van der Waals surface area contributed by atoms with E-state index < -0.39 is 11.8 Å². The lowest BCUT2D eigenvalue weighted by Crippen LogP contribution is -2.44. The van der Waals surface area contributed by atoms with Crippen molar-refractivity contribution in [2.45, 2.75) is 32.7 Å². The van der Waals surface area contributed by atoms with Crippen molar-refractivity contribution < 1.29 is 13.9 Å². The van der Waals surface area contributed by atoms with E-state index in [9.17, 15) is 9.18 Å². The molecule has 0 saturated heterocycles. The van der Waals surface area contributed by atoms with Crippen molar-refractivity contribution in [3.63, 3.8) is 0 Å². The first-order valence-electron chi connectivity index (χ1n) is 9.29. The molecule has 0 bridgehead atoms. The second-order valence-electron chi connectivity index (χ2n) is 7.37. The van der Waals surface area contributed by atoms with Crippen LogP contribution in [-0.2, 0) is 9.53 Å². The largest absolute Gasteiger partial charge is 0.466 e. The predicted octanol–water partition coefficient (Wildman–Crippen LogP) is 3.12. The molecule has 28 heavy (non-hydrogen) atoms. The Kier molecular flexibility index (Phi) is 4.52. The van der Waals surface area contributed by atoms with Gasteiger partial charge >= 0.3 is 5.97 Å². The third kappa shape index (κ3) is 3.00. The van der Waals surface area contributed by atoms with Crippen molar-refractivity contribution in [2.24, 2.45) is 10.9 Å². The van der Waals surface area contributed by atoms with Crippen LogP contribution in [0.3, 0.4) is 0 Å². The Morgan fingerprint density at radius 3 is 2.82 bits per heavy atom. The van der Waals surface area contributed by atoms with Gasteiger partial charge in [-0.3, -0.25) is 5.01 Å². The van der Waals surface area contributed by atoms with E-state index in [0.29, 0.717) is 35.1 Å². The molecule has 4 rings (SSSR count). The summed E-state index contributed by atoms with van der Waals surface area (Å²) in [6, 6.07) is 6.47. The highest BCUT2D eigenvalue weighted by Crippen LogP contribution is 2.41. The Morgan fingerprint density at radius 2 is 2.18 bits per heavy atom. The second kappa shape index (κ2) is 6.88. The van der Waals surface area contributed by atoms with Gasteiger partial charge < -0.3 is 4.74 Å². The lowest BCUT2D eigenvalue weighted by Gasteiger charge is -2.37. The quantitative estimate of drug-likeness (QED) is 0.751. The zero-order valence-electron chi connectivity index (χ0n) is 16.1. The molecule has 1 aromatic carbocycles. The van der Waals surface area contributed by atoms with Crippen LogP contribution < -0.4 is 0 Å². The number of halogens is 1. The maximum atomic E-state index is 13.7. The fourth-order valence-corrected chi connectivity index (χ4v) is 3.79. The Balaban J connectivity index is 1.78. The molecule has 1 atom stereocenters. The van der Waals surface area contributed by atoms with Gasteiger partial charge in [0.25, 0.3) is 0 Å². The van der Waals surface area contributed by atoms with Crippen LogP contribution in [0.25, 0.3) is 0 Å². The van der Waals surface area contributed by atoms with Gasteiger partial charge in [-0.05, 0) is 56.9 Å². The average molecular weight is 380 g/mol. The number of rotatable bonds is 4. The third-order valence-corrected chi connectivity index (χ3v) is 5.54. The first kappa shape index (κ1) is 18.4. The highest BCUT2D eigenvalue weighted by Gasteiger charge is 2.43. The predicted molar refractivity (Wildman–Crippen MR) is 101 cm³/mol. The summed E-state index contributed by atoms with van der Waals surface area (Å²) < 4.78 is 18.7. The van der Waals surface area contributed by atoms with Gasteiger partial charge in [-0.15, -0.1) is 0 Å². The van der Waals surface area contributed by atoms with Gasteiger partial charge in [0, 0.05) is 17.3 Å². The highest BCUT2D eigenvalue weighted by molar-refractivity contribution is 6.10. The van der Waals surface area contributed by atoms with Crippen molar-refractivity contribution in [3.05, 3.63) is 58.3 Å². The number of nitriles is 1. The Hall–Kier alpha value is -2.98. The van der Waals surface area contributed by atoms with Crippen LogP contribution in [-0.4, -0.2) is 41.4 Å². The number of aliphatic imine (C=N–C) groups is 1. The average Bonchev–Trinajstić information content (AvgIpc) is 3.47. The summed E-state index contributed by atoms with van der Waals surface area (Å²) in [6.45, 7) is 4.56. The summed E-state index contributed by atoms with van der Waals surface area (Å²) in [5.74, 6) is 0.189. The minimum Gasteiger partial charge on any atom is -0.466 e. The van der Waals surface area contributed by atoms with E-state index in [1.807, 2.05) is 24.1 Å². The zero-order chi connectivity index (χ0) is 20.0. The molecule has 1 aromatic rings. The summed E-state index contributed by atoms with van der Waals surface area (Å²) >= 11 is 0. The van der Waals surface area contributed by atoms with Gasteiger partial charge in [0.15, 0.2) is 5.82 Å². The molecule has 1 saturated carbocycles. The third-order valence-electron chi connectivity index (χ3n) is 5.54. The van der Waals surface area contributed by atoms with E-state index in [-0.39, 0.29) is 11.6 Å². The highest BCUT2D eigenvalue weighted by atomic mass is 19.1. The maximum Gasteiger partial charge on any atom is 0.338 e. The number of fused-ring (bicyclic) bond motifs is 1. The van der Waals surface area contributed by atoms with Gasteiger partial charge in [0.2, 0.25) is 0 Å². The Morgan fingerprint density at radius 1 is 1.43 bits per heavy atom. The maximum absolute atomic E-state index is 13.7. The molecule has 1 unspecified atom stereocenters. The molecule has 2 aliphatic heterocycles. The molecular weight excluding hydrogens is 359 g/mol. The molecule has 1 aliphatic carbocycles. The number of methoxy groups -OCH3 is 1. The normalized spacial score (nSPS) is 20.3. The van der Waals surface area contributed by atoms with Crippen molar-refractivity contribution in [3.8, 4) is 6.07 Å². The number of nitrogens with zero attached hydrogens (tertiary/aromatic N) is 4. The Bertz CT molecular complexity index is 985. The van der Waals surface area contributed by atoms with Gasteiger partial charge in [-0.25, -0.2) is 19.2 Å².